The predicted octanol–water partition coefficient (Wildman–Crippen LogP) is 2.37. The van der Waals surface area contributed by atoms with Crippen LogP contribution in [0.1, 0.15) is 17.0 Å². The Kier molecular flexibility index (Phi) is 6.56. The highest BCUT2D eigenvalue weighted by molar-refractivity contribution is 5.85. The van der Waals surface area contributed by atoms with Crippen LogP contribution in [0.15, 0.2) is 40.9 Å². The SMILES string of the molecule is Cc1cc(CN(CCN)Cc2ccccc2)no1.Cl. The van der Waals surface area contributed by atoms with E-state index in [4.69, 9.17) is 10.3 Å². The molecule has 0 amide bonds. The summed E-state index contributed by atoms with van der Waals surface area (Å²) in [5.41, 5.74) is 7.90. The molecule has 4 nitrogen and oxygen atoms in total. The molecule has 0 aliphatic heterocycles. The van der Waals surface area contributed by atoms with Crippen LogP contribution in [0.2, 0.25) is 0 Å². The Hall–Kier alpha value is -1.36. The molecule has 0 radical (unpaired) electrons. The molecule has 2 rings (SSSR count). The number of aryl methyl sites for hydroxylation is 1. The summed E-state index contributed by atoms with van der Waals surface area (Å²) in [6, 6.07) is 12.3. The van der Waals surface area contributed by atoms with Crippen LogP contribution in [-0.4, -0.2) is 23.1 Å². The molecule has 1 aromatic heterocycles. The average Bonchev–Trinajstić information content (AvgIpc) is 2.76. The predicted molar refractivity (Wildman–Crippen MR) is 78.1 cm³/mol. The van der Waals surface area contributed by atoms with Gasteiger partial charge < -0.3 is 10.3 Å². The number of nitrogens with zero attached hydrogens (tertiary/aromatic N) is 2. The van der Waals surface area contributed by atoms with E-state index in [9.17, 15) is 0 Å². The number of hydrogen-bond donors (Lipinski definition) is 1. The number of benzene rings is 1. The maximum atomic E-state index is 5.66. The minimum Gasteiger partial charge on any atom is -0.361 e. The van der Waals surface area contributed by atoms with Crippen molar-refractivity contribution in [1.82, 2.24) is 10.1 Å². The van der Waals surface area contributed by atoms with Crippen molar-refractivity contribution < 1.29 is 4.52 Å². The quantitative estimate of drug-likeness (QED) is 0.883. The first-order chi connectivity index (χ1) is 8.78. The van der Waals surface area contributed by atoms with E-state index in [0.717, 1.165) is 31.1 Å². The third kappa shape index (κ3) is 5.03. The van der Waals surface area contributed by atoms with Gasteiger partial charge >= 0.3 is 0 Å². The number of aromatic nitrogens is 1. The lowest BCUT2D eigenvalue weighted by molar-refractivity contribution is 0.254. The summed E-state index contributed by atoms with van der Waals surface area (Å²) < 4.78 is 5.09. The Labute approximate surface area is 120 Å². The molecule has 0 saturated heterocycles. The van der Waals surface area contributed by atoms with Gasteiger partial charge in [0, 0.05) is 32.2 Å². The summed E-state index contributed by atoms with van der Waals surface area (Å²) in [5, 5.41) is 4.02. The van der Waals surface area contributed by atoms with E-state index in [-0.39, 0.29) is 12.4 Å². The van der Waals surface area contributed by atoms with Crippen molar-refractivity contribution in [2.75, 3.05) is 13.1 Å². The third-order valence-corrected chi connectivity index (χ3v) is 2.76. The van der Waals surface area contributed by atoms with Gasteiger partial charge in [0.05, 0.1) is 5.69 Å². The Bertz CT molecular complexity index is 473. The molecule has 0 spiro atoms. The zero-order valence-electron chi connectivity index (χ0n) is 11.1. The van der Waals surface area contributed by atoms with Crippen LogP contribution in [0.4, 0.5) is 0 Å². The molecule has 0 unspecified atom stereocenters. The molecule has 0 bridgehead atoms. The summed E-state index contributed by atoms with van der Waals surface area (Å²) >= 11 is 0. The molecular weight excluding hydrogens is 262 g/mol. The van der Waals surface area contributed by atoms with Gasteiger partial charge in [0.1, 0.15) is 5.76 Å². The zero-order chi connectivity index (χ0) is 12.8. The van der Waals surface area contributed by atoms with Gasteiger partial charge in [0.15, 0.2) is 0 Å². The fourth-order valence-corrected chi connectivity index (χ4v) is 1.96. The maximum absolute atomic E-state index is 5.66. The van der Waals surface area contributed by atoms with Gasteiger partial charge in [-0.05, 0) is 12.5 Å². The van der Waals surface area contributed by atoms with E-state index in [2.05, 4.69) is 34.3 Å². The van der Waals surface area contributed by atoms with Crippen molar-refractivity contribution in [1.29, 1.82) is 0 Å². The van der Waals surface area contributed by atoms with Crippen LogP contribution in [0.3, 0.4) is 0 Å². The highest BCUT2D eigenvalue weighted by Crippen LogP contribution is 2.09. The fraction of sp³-hybridized carbons (Fsp3) is 0.357. The van der Waals surface area contributed by atoms with E-state index < -0.39 is 0 Å². The van der Waals surface area contributed by atoms with Crippen molar-refractivity contribution in [3.05, 3.63) is 53.4 Å². The van der Waals surface area contributed by atoms with Crippen LogP contribution < -0.4 is 5.73 Å². The lowest BCUT2D eigenvalue weighted by atomic mass is 10.2. The van der Waals surface area contributed by atoms with Crippen LogP contribution >= 0.6 is 12.4 Å². The summed E-state index contributed by atoms with van der Waals surface area (Å²) in [6.07, 6.45) is 0. The molecule has 1 heterocycles. The second kappa shape index (κ2) is 7.94. The molecule has 0 aliphatic carbocycles. The lowest BCUT2D eigenvalue weighted by Gasteiger charge is -2.20. The van der Waals surface area contributed by atoms with E-state index in [1.54, 1.807) is 0 Å². The zero-order valence-corrected chi connectivity index (χ0v) is 11.9. The monoisotopic (exact) mass is 281 g/mol. The molecule has 1 aromatic carbocycles. The third-order valence-electron chi connectivity index (χ3n) is 2.76. The van der Waals surface area contributed by atoms with Crippen molar-refractivity contribution in [3.63, 3.8) is 0 Å². The molecule has 104 valence electrons. The van der Waals surface area contributed by atoms with Crippen molar-refractivity contribution in [2.45, 2.75) is 20.0 Å². The molecular formula is C14H20ClN3O. The molecule has 5 heteroatoms. The topological polar surface area (TPSA) is 55.3 Å². The van der Waals surface area contributed by atoms with Gasteiger partial charge in [-0.25, -0.2) is 0 Å². The largest absolute Gasteiger partial charge is 0.361 e. The summed E-state index contributed by atoms with van der Waals surface area (Å²) in [7, 11) is 0. The molecule has 2 N–H and O–H groups in total. The molecule has 0 aliphatic rings. The first-order valence-corrected chi connectivity index (χ1v) is 6.16. The highest BCUT2D eigenvalue weighted by atomic mass is 35.5. The van der Waals surface area contributed by atoms with Gasteiger partial charge in [-0.3, -0.25) is 4.90 Å². The molecule has 19 heavy (non-hydrogen) atoms. The number of nitrogens with two attached hydrogens (primary N) is 1. The van der Waals surface area contributed by atoms with Crippen molar-refractivity contribution >= 4 is 12.4 Å². The number of rotatable bonds is 6. The van der Waals surface area contributed by atoms with Crippen LogP contribution in [0.25, 0.3) is 0 Å². The minimum atomic E-state index is 0. The van der Waals surface area contributed by atoms with Crippen molar-refractivity contribution in [2.24, 2.45) is 5.73 Å². The Morgan fingerprint density at radius 2 is 1.95 bits per heavy atom. The van der Waals surface area contributed by atoms with E-state index >= 15 is 0 Å². The smallest absolute Gasteiger partial charge is 0.133 e. The highest BCUT2D eigenvalue weighted by Gasteiger charge is 2.09. The Balaban J connectivity index is 0.00000180. The van der Waals surface area contributed by atoms with E-state index in [0.29, 0.717) is 6.54 Å². The van der Waals surface area contributed by atoms with Gasteiger partial charge in [0.2, 0.25) is 0 Å². The van der Waals surface area contributed by atoms with Crippen LogP contribution in [0, 0.1) is 6.92 Å². The van der Waals surface area contributed by atoms with Gasteiger partial charge in [-0.2, -0.15) is 0 Å². The van der Waals surface area contributed by atoms with Gasteiger partial charge in [0.25, 0.3) is 0 Å². The first-order valence-electron chi connectivity index (χ1n) is 6.16. The van der Waals surface area contributed by atoms with Crippen LogP contribution in [0.5, 0.6) is 0 Å². The number of halogens is 1. The Morgan fingerprint density at radius 1 is 1.21 bits per heavy atom. The van der Waals surface area contributed by atoms with Crippen molar-refractivity contribution in [3.8, 4) is 0 Å². The normalized spacial score (nSPS) is 10.5. The first kappa shape index (κ1) is 15.7. The fourth-order valence-electron chi connectivity index (χ4n) is 1.96. The summed E-state index contributed by atoms with van der Waals surface area (Å²) in [5.74, 6) is 0.845. The summed E-state index contributed by atoms with van der Waals surface area (Å²) in [6.45, 7) is 5.04. The second-order valence-electron chi connectivity index (χ2n) is 4.41. The summed E-state index contributed by atoms with van der Waals surface area (Å²) in [4.78, 5) is 2.27. The standard InChI is InChI=1S/C14H19N3O.ClH/c1-12-9-14(16-18-12)11-17(8-7-15)10-13-5-3-2-4-6-13;/h2-6,9H,7-8,10-11,15H2,1H3;1H. The minimum absolute atomic E-state index is 0. The van der Waals surface area contributed by atoms with E-state index in [1.165, 1.54) is 5.56 Å². The molecule has 2 aromatic rings. The molecule has 0 atom stereocenters. The lowest BCUT2D eigenvalue weighted by Crippen LogP contribution is -2.28. The van der Waals surface area contributed by atoms with Crippen LogP contribution in [-0.2, 0) is 13.1 Å². The second-order valence-corrected chi connectivity index (χ2v) is 4.41. The number of hydrogen-bond acceptors (Lipinski definition) is 4. The Morgan fingerprint density at radius 3 is 2.53 bits per heavy atom. The van der Waals surface area contributed by atoms with Gasteiger partial charge in [-0.15, -0.1) is 12.4 Å². The maximum Gasteiger partial charge on any atom is 0.133 e. The average molecular weight is 282 g/mol. The molecule has 0 saturated carbocycles. The van der Waals surface area contributed by atoms with E-state index in [1.807, 2.05) is 19.1 Å². The molecule has 0 fully saturated rings. The van der Waals surface area contributed by atoms with Gasteiger partial charge in [-0.1, -0.05) is 35.5 Å².